The van der Waals surface area contributed by atoms with E-state index in [9.17, 15) is 14.4 Å². The second-order valence-electron chi connectivity index (χ2n) is 7.25. The number of aryl methyl sites for hydroxylation is 2. The first-order chi connectivity index (χ1) is 15.4. The molecule has 0 aliphatic carbocycles. The quantitative estimate of drug-likeness (QED) is 0.354. The lowest BCUT2D eigenvalue weighted by molar-refractivity contribution is -0.154. The second-order valence-corrected chi connectivity index (χ2v) is 8.71. The van der Waals surface area contributed by atoms with Crippen LogP contribution in [0.4, 0.5) is 5.69 Å². The fraction of sp³-hybridized carbons (Fsp3) is 0.240. The number of anilines is 1. The van der Waals surface area contributed by atoms with Gasteiger partial charge in [-0.05, 0) is 32.0 Å². The molecule has 0 aliphatic heterocycles. The van der Waals surface area contributed by atoms with Gasteiger partial charge in [0.1, 0.15) is 5.75 Å². The van der Waals surface area contributed by atoms with Crippen molar-refractivity contribution in [2.75, 3.05) is 12.4 Å². The highest BCUT2D eigenvalue weighted by Gasteiger charge is 2.26. The number of methoxy groups -OCH3 is 1. The van der Waals surface area contributed by atoms with Crippen LogP contribution >= 0.6 is 11.3 Å². The Hall–Kier alpha value is -3.45. The number of hydrogen-bond donors (Lipinski definition) is 1. The maximum Gasteiger partial charge on any atom is 0.307 e. The number of carbonyl (C=O) groups excluding carboxylic acids is 3. The number of amides is 1. The number of ketones is 1. The lowest BCUT2D eigenvalue weighted by atomic mass is 10.1. The molecule has 0 bridgehead atoms. The summed E-state index contributed by atoms with van der Waals surface area (Å²) in [7, 11) is 1.54. The third-order valence-electron chi connectivity index (χ3n) is 4.82. The lowest BCUT2D eigenvalue weighted by Crippen LogP contribution is -2.26. The third-order valence-corrected chi connectivity index (χ3v) is 5.79. The van der Waals surface area contributed by atoms with Crippen molar-refractivity contribution < 1.29 is 23.9 Å². The summed E-state index contributed by atoms with van der Waals surface area (Å²) in [4.78, 5) is 40.0. The van der Waals surface area contributed by atoms with E-state index in [4.69, 9.17) is 9.47 Å². The van der Waals surface area contributed by atoms with Crippen molar-refractivity contribution in [3.63, 3.8) is 0 Å². The molecule has 32 heavy (non-hydrogen) atoms. The number of ether oxygens (including phenoxy) is 2. The minimum absolute atomic E-state index is 0.0227. The van der Waals surface area contributed by atoms with E-state index in [0.29, 0.717) is 22.6 Å². The van der Waals surface area contributed by atoms with Crippen molar-refractivity contribution >= 4 is 34.7 Å². The molecule has 0 fully saturated rings. The number of rotatable bonds is 9. The van der Waals surface area contributed by atoms with Crippen LogP contribution in [-0.4, -0.2) is 24.8 Å². The number of carbonyl (C=O) groups is 3. The van der Waals surface area contributed by atoms with Gasteiger partial charge in [-0.2, -0.15) is 0 Å². The number of nitrogens with one attached hydrogen (secondary N) is 1. The average Bonchev–Trinajstić information content (AvgIpc) is 3.14. The Morgan fingerprint density at radius 1 is 0.969 bits per heavy atom. The van der Waals surface area contributed by atoms with Crippen molar-refractivity contribution in [2.45, 2.75) is 32.8 Å². The van der Waals surface area contributed by atoms with Gasteiger partial charge in [0.25, 0.3) is 5.91 Å². The number of thiophene rings is 1. The van der Waals surface area contributed by atoms with Gasteiger partial charge in [0.05, 0.1) is 13.5 Å². The second kappa shape index (κ2) is 10.7. The fourth-order valence-electron chi connectivity index (χ4n) is 3.26. The molecule has 166 valence electrons. The average molecular weight is 452 g/mol. The molecule has 1 aromatic heterocycles. The van der Waals surface area contributed by atoms with Crippen molar-refractivity contribution in [2.24, 2.45) is 0 Å². The molecular weight excluding hydrogens is 426 g/mol. The minimum Gasteiger partial charge on any atom is -0.497 e. The Bertz CT molecular complexity index is 1110. The first-order valence-electron chi connectivity index (χ1n) is 10.2. The van der Waals surface area contributed by atoms with Gasteiger partial charge in [0, 0.05) is 39.1 Å². The summed E-state index contributed by atoms with van der Waals surface area (Å²) >= 11 is 1.55. The van der Waals surface area contributed by atoms with Gasteiger partial charge in [0.15, 0.2) is 5.78 Å². The number of hydrogen-bond acceptors (Lipinski definition) is 6. The van der Waals surface area contributed by atoms with Crippen molar-refractivity contribution in [3.05, 3.63) is 81.5 Å². The zero-order valence-electron chi connectivity index (χ0n) is 18.2. The topological polar surface area (TPSA) is 81.7 Å². The van der Waals surface area contributed by atoms with Crippen LogP contribution in [0, 0.1) is 13.8 Å². The fourth-order valence-corrected chi connectivity index (χ4v) is 4.20. The largest absolute Gasteiger partial charge is 0.497 e. The van der Waals surface area contributed by atoms with Gasteiger partial charge in [-0.15, -0.1) is 11.3 Å². The van der Waals surface area contributed by atoms with E-state index in [1.54, 1.807) is 59.9 Å². The molecule has 3 aromatic rings. The summed E-state index contributed by atoms with van der Waals surface area (Å²) in [6, 6.07) is 17.5. The van der Waals surface area contributed by atoms with E-state index >= 15 is 0 Å². The first kappa shape index (κ1) is 23.2. The molecule has 7 heteroatoms. The zero-order valence-corrected chi connectivity index (χ0v) is 19.0. The third kappa shape index (κ3) is 6.04. The van der Waals surface area contributed by atoms with Crippen LogP contribution < -0.4 is 10.1 Å². The van der Waals surface area contributed by atoms with Gasteiger partial charge < -0.3 is 14.8 Å². The van der Waals surface area contributed by atoms with Crippen LogP contribution in [0.15, 0.2) is 60.7 Å². The monoisotopic (exact) mass is 451 g/mol. The molecule has 1 atom stereocenters. The molecule has 0 spiro atoms. The van der Waals surface area contributed by atoms with Gasteiger partial charge >= 0.3 is 5.97 Å². The van der Waals surface area contributed by atoms with Gasteiger partial charge in [-0.3, -0.25) is 14.4 Å². The van der Waals surface area contributed by atoms with E-state index in [1.807, 2.05) is 26.0 Å². The Morgan fingerprint density at radius 3 is 2.38 bits per heavy atom. The minimum atomic E-state index is -1.14. The number of Topliss-reactive ketones (excluding diaryl/α,β-unsaturated/α-hetero) is 1. The van der Waals surface area contributed by atoms with Crippen molar-refractivity contribution in [3.8, 4) is 5.75 Å². The molecule has 0 radical (unpaired) electrons. The maximum atomic E-state index is 13.0. The highest BCUT2D eigenvalue weighted by Crippen LogP contribution is 2.25. The summed E-state index contributed by atoms with van der Waals surface area (Å²) in [5.41, 5.74) is 1.69. The van der Waals surface area contributed by atoms with Crippen molar-refractivity contribution in [1.29, 1.82) is 0 Å². The van der Waals surface area contributed by atoms with E-state index in [1.165, 1.54) is 7.11 Å². The molecule has 0 aliphatic rings. The number of benzene rings is 2. The predicted octanol–water partition coefficient (Wildman–Crippen LogP) is 5.26. The molecule has 6 nitrogen and oxygen atoms in total. The van der Waals surface area contributed by atoms with Crippen LogP contribution in [0.1, 0.15) is 44.6 Å². The highest BCUT2D eigenvalue weighted by atomic mass is 32.1. The normalized spacial score (nSPS) is 11.5. The van der Waals surface area contributed by atoms with E-state index < -0.39 is 18.0 Å². The summed E-state index contributed by atoms with van der Waals surface area (Å²) in [5.74, 6) is -0.625. The lowest BCUT2D eigenvalue weighted by Gasteiger charge is -2.18. The summed E-state index contributed by atoms with van der Waals surface area (Å²) < 4.78 is 10.7. The first-order valence-corrected chi connectivity index (χ1v) is 11.0. The SMILES string of the molecule is COc1cccc(NC(=O)C(OC(=O)CCC(=O)c2cc(C)sc2C)c2ccccc2)c1. The Kier molecular flexibility index (Phi) is 7.78. The molecule has 0 saturated carbocycles. The molecule has 1 heterocycles. The van der Waals surface area contributed by atoms with Crippen molar-refractivity contribution in [1.82, 2.24) is 0 Å². The molecule has 1 unspecified atom stereocenters. The Balaban J connectivity index is 1.68. The van der Waals surface area contributed by atoms with E-state index in [0.717, 1.165) is 9.75 Å². The molecule has 1 N–H and O–H groups in total. The highest BCUT2D eigenvalue weighted by molar-refractivity contribution is 7.12. The predicted molar refractivity (Wildman–Crippen MR) is 124 cm³/mol. The van der Waals surface area contributed by atoms with Gasteiger partial charge in [-0.25, -0.2) is 0 Å². The van der Waals surface area contributed by atoms with Crippen LogP contribution in [0.5, 0.6) is 5.75 Å². The summed E-state index contributed by atoms with van der Waals surface area (Å²) in [6.45, 7) is 3.83. The molecule has 3 rings (SSSR count). The zero-order chi connectivity index (χ0) is 23.1. The standard InChI is InChI=1S/C25H25NO5S/c1-16-14-21(17(2)32-16)22(27)12-13-23(28)31-24(18-8-5-4-6-9-18)25(29)26-19-10-7-11-20(15-19)30-3/h4-11,14-15,24H,12-13H2,1-3H3,(H,26,29). The van der Waals surface area contributed by atoms with Crippen LogP contribution in [-0.2, 0) is 14.3 Å². The maximum absolute atomic E-state index is 13.0. The molecule has 0 saturated heterocycles. The Morgan fingerprint density at radius 2 is 1.72 bits per heavy atom. The van der Waals surface area contributed by atoms with Crippen LogP contribution in [0.25, 0.3) is 0 Å². The summed E-state index contributed by atoms with van der Waals surface area (Å²) in [6.07, 6.45) is -1.23. The molecule has 1 amide bonds. The van der Waals surface area contributed by atoms with Crippen LogP contribution in [0.3, 0.4) is 0 Å². The van der Waals surface area contributed by atoms with Crippen LogP contribution in [0.2, 0.25) is 0 Å². The molecular formula is C25H25NO5S. The Labute approximate surface area is 191 Å². The smallest absolute Gasteiger partial charge is 0.307 e. The molecule has 2 aromatic carbocycles. The van der Waals surface area contributed by atoms with E-state index in [-0.39, 0.29) is 18.6 Å². The number of esters is 1. The van der Waals surface area contributed by atoms with E-state index in [2.05, 4.69) is 5.32 Å². The van der Waals surface area contributed by atoms with Gasteiger partial charge in [-0.1, -0.05) is 36.4 Å². The summed E-state index contributed by atoms with van der Waals surface area (Å²) in [5, 5.41) is 2.76. The van der Waals surface area contributed by atoms with Gasteiger partial charge in [0.2, 0.25) is 6.10 Å².